The Labute approximate surface area is 138 Å². The Bertz CT molecular complexity index is 574. The lowest BCUT2D eigenvalue weighted by molar-refractivity contribution is -0.301. The van der Waals surface area contributed by atoms with Gasteiger partial charge in [-0.1, -0.05) is 0 Å². The number of ether oxygens (including phenoxy) is 2. The zero-order valence-corrected chi connectivity index (χ0v) is 13.2. The lowest BCUT2D eigenvalue weighted by Gasteiger charge is -2.28. The van der Waals surface area contributed by atoms with Crippen molar-refractivity contribution in [3.05, 3.63) is 0 Å². The van der Waals surface area contributed by atoms with Gasteiger partial charge in [-0.2, -0.15) is 41.3 Å². The van der Waals surface area contributed by atoms with E-state index < -0.39 is 24.5 Å². The first-order valence-corrected chi connectivity index (χ1v) is 7.04. The molecule has 0 bridgehead atoms. The average molecular weight is 375 g/mol. The molecule has 0 amide bonds. The van der Waals surface area contributed by atoms with Crippen molar-refractivity contribution < 1.29 is 35.8 Å². The third kappa shape index (κ3) is 4.96. The summed E-state index contributed by atoms with van der Waals surface area (Å²) in [7, 11) is 2.96. The molecule has 1 aliphatic rings. The summed E-state index contributed by atoms with van der Waals surface area (Å²) in [6.07, 6.45) is -15.4. The van der Waals surface area contributed by atoms with Gasteiger partial charge >= 0.3 is 18.4 Å². The van der Waals surface area contributed by atoms with Gasteiger partial charge in [0.2, 0.25) is 11.9 Å². The maximum atomic E-state index is 12.7. The minimum atomic E-state index is -5.66. The largest absolute Gasteiger partial charge is 0.440 e. The van der Waals surface area contributed by atoms with Crippen molar-refractivity contribution in [1.29, 1.82) is 0 Å². The number of rotatable bonds is 4. The quantitative estimate of drug-likeness (QED) is 0.742. The minimum Gasteiger partial charge on any atom is -0.440 e. The third-order valence-corrected chi connectivity index (χ3v) is 3.10. The molecule has 0 N–H and O–H groups in total. The standard InChI is InChI=1S/C12H15F6N5O2/c1-22(2)8-19-9(23-3-5-24-6-4-23)21-10(20-8)25-7(11(13,14)15)12(16,17)18/h7H,3-6H2,1-2H3. The van der Waals surface area contributed by atoms with Gasteiger partial charge < -0.3 is 19.3 Å². The maximum absolute atomic E-state index is 12.7. The average Bonchev–Trinajstić information content (AvgIpc) is 2.51. The fraction of sp³-hybridized carbons (Fsp3) is 0.750. The summed E-state index contributed by atoms with van der Waals surface area (Å²) >= 11 is 0. The lowest BCUT2D eigenvalue weighted by Crippen LogP contribution is -2.47. The molecule has 142 valence electrons. The second kappa shape index (κ2) is 7.06. The maximum Gasteiger partial charge on any atom is 0.434 e. The molecule has 0 aromatic carbocycles. The normalized spacial score (nSPS) is 16.3. The van der Waals surface area contributed by atoms with Gasteiger partial charge in [0.15, 0.2) is 0 Å². The molecule has 13 heteroatoms. The smallest absolute Gasteiger partial charge is 0.434 e. The van der Waals surface area contributed by atoms with Crippen molar-refractivity contribution in [3.63, 3.8) is 0 Å². The molecule has 1 aromatic heterocycles. The number of nitrogens with zero attached hydrogens (tertiary/aromatic N) is 5. The molecule has 2 heterocycles. The summed E-state index contributed by atoms with van der Waals surface area (Å²) in [6.45, 7) is 1.32. The monoisotopic (exact) mass is 375 g/mol. The van der Waals surface area contributed by atoms with Gasteiger partial charge in [-0.25, -0.2) is 0 Å². The summed E-state index contributed by atoms with van der Waals surface area (Å²) in [4.78, 5) is 14.0. The van der Waals surface area contributed by atoms with Crippen LogP contribution in [0.2, 0.25) is 0 Å². The summed E-state index contributed by atoms with van der Waals surface area (Å²) in [6, 6.07) is -1.06. The summed E-state index contributed by atoms with van der Waals surface area (Å²) < 4.78 is 85.2. The van der Waals surface area contributed by atoms with E-state index in [2.05, 4.69) is 19.7 Å². The van der Waals surface area contributed by atoms with E-state index in [9.17, 15) is 26.3 Å². The van der Waals surface area contributed by atoms with Crippen LogP contribution in [0, 0.1) is 0 Å². The number of hydrogen-bond acceptors (Lipinski definition) is 7. The van der Waals surface area contributed by atoms with Crippen molar-refractivity contribution in [2.24, 2.45) is 0 Å². The SMILES string of the molecule is CN(C)c1nc(OC(C(F)(F)F)C(F)(F)F)nc(N2CCOCC2)n1. The summed E-state index contributed by atoms with van der Waals surface area (Å²) in [5.74, 6) is -0.213. The molecule has 0 aliphatic carbocycles. The number of anilines is 2. The Kier molecular flexibility index (Phi) is 5.44. The zero-order valence-electron chi connectivity index (χ0n) is 13.2. The van der Waals surface area contributed by atoms with Gasteiger partial charge in [-0.15, -0.1) is 0 Å². The first kappa shape index (κ1) is 19.3. The third-order valence-electron chi connectivity index (χ3n) is 3.10. The fourth-order valence-electron chi connectivity index (χ4n) is 1.92. The van der Waals surface area contributed by atoms with Crippen molar-refractivity contribution in [2.75, 3.05) is 50.2 Å². The molecule has 2 rings (SSSR count). The minimum absolute atomic E-state index is 0.0832. The molecule has 0 spiro atoms. The second-order valence-corrected chi connectivity index (χ2v) is 5.29. The first-order valence-electron chi connectivity index (χ1n) is 7.04. The highest BCUT2D eigenvalue weighted by Gasteiger charge is 2.59. The van der Waals surface area contributed by atoms with E-state index >= 15 is 0 Å². The van der Waals surface area contributed by atoms with Crippen LogP contribution in [-0.2, 0) is 4.74 Å². The molecule has 1 aromatic rings. The Morgan fingerprint density at radius 1 is 1.00 bits per heavy atom. The fourth-order valence-corrected chi connectivity index (χ4v) is 1.92. The van der Waals surface area contributed by atoms with Crippen LogP contribution in [0.25, 0.3) is 0 Å². The molecule has 0 saturated carbocycles. The van der Waals surface area contributed by atoms with Gasteiger partial charge in [0.05, 0.1) is 13.2 Å². The van der Waals surface area contributed by atoms with Crippen LogP contribution in [0.1, 0.15) is 0 Å². The Hall–Kier alpha value is -2.05. The molecule has 1 fully saturated rings. The predicted molar refractivity (Wildman–Crippen MR) is 73.7 cm³/mol. The van der Waals surface area contributed by atoms with E-state index in [-0.39, 0.29) is 11.9 Å². The highest BCUT2D eigenvalue weighted by molar-refractivity contribution is 5.39. The highest BCUT2D eigenvalue weighted by atomic mass is 19.4. The molecule has 0 radical (unpaired) electrons. The molecule has 1 saturated heterocycles. The topological polar surface area (TPSA) is 63.6 Å². The Morgan fingerprint density at radius 2 is 1.56 bits per heavy atom. The first-order chi connectivity index (χ1) is 11.5. The molecule has 0 atom stereocenters. The number of halogens is 6. The summed E-state index contributed by atoms with van der Waals surface area (Å²) in [5, 5.41) is 0. The Morgan fingerprint density at radius 3 is 2.04 bits per heavy atom. The van der Waals surface area contributed by atoms with Gasteiger partial charge in [-0.05, 0) is 0 Å². The number of morpholine rings is 1. The van der Waals surface area contributed by atoms with E-state index in [0.717, 1.165) is 0 Å². The predicted octanol–water partition coefficient (Wildman–Crippen LogP) is 1.65. The van der Waals surface area contributed by atoms with Gasteiger partial charge in [0.25, 0.3) is 6.10 Å². The van der Waals surface area contributed by atoms with Crippen molar-refractivity contribution in [1.82, 2.24) is 15.0 Å². The van der Waals surface area contributed by atoms with Gasteiger partial charge in [0.1, 0.15) is 0 Å². The van der Waals surface area contributed by atoms with E-state index in [1.165, 1.54) is 19.0 Å². The number of alkyl halides is 6. The van der Waals surface area contributed by atoms with Crippen LogP contribution in [0.4, 0.5) is 38.2 Å². The molecular formula is C12H15F6N5O2. The van der Waals surface area contributed by atoms with Gasteiger partial charge in [-0.3, -0.25) is 0 Å². The number of aromatic nitrogens is 3. The van der Waals surface area contributed by atoms with Gasteiger partial charge in [0, 0.05) is 27.2 Å². The summed E-state index contributed by atoms with van der Waals surface area (Å²) in [5.41, 5.74) is 0. The van der Waals surface area contributed by atoms with Crippen molar-refractivity contribution in [3.8, 4) is 6.01 Å². The van der Waals surface area contributed by atoms with Crippen LogP contribution < -0.4 is 14.5 Å². The van der Waals surface area contributed by atoms with E-state index in [0.29, 0.717) is 26.3 Å². The zero-order chi connectivity index (χ0) is 18.8. The molecular weight excluding hydrogens is 360 g/mol. The number of hydrogen-bond donors (Lipinski definition) is 0. The molecule has 1 aliphatic heterocycles. The van der Waals surface area contributed by atoms with Crippen LogP contribution in [-0.4, -0.2) is 73.8 Å². The second-order valence-electron chi connectivity index (χ2n) is 5.29. The lowest BCUT2D eigenvalue weighted by atomic mass is 10.3. The Balaban J connectivity index is 2.36. The van der Waals surface area contributed by atoms with Crippen LogP contribution >= 0.6 is 0 Å². The van der Waals surface area contributed by atoms with Crippen LogP contribution in [0.5, 0.6) is 6.01 Å². The molecule has 25 heavy (non-hydrogen) atoms. The van der Waals surface area contributed by atoms with Crippen molar-refractivity contribution >= 4 is 11.9 Å². The highest BCUT2D eigenvalue weighted by Crippen LogP contribution is 2.36. The molecule has 0 unspecified atom stereocenters. The van der Waals surface area contributed by atoms with Crippen molar-refractivity contribution in [2.45, 2.75) is 18.5 Å². The van der Waals surface area contributed by atoms with E-state index in [1.807, 2.05) is 0 Å². The van der Waals surface area contributed by atoms with E-state index in [4.69, 9.17) is 4.74 Å². The van der Waals surface area contributed by atoms with E-state index in [1.54, 1.807) is 4.90 Å². The van der Waals surface area contributed by atoms with Crippen LogP contribution in [0.15, 0.2) is 0 Å². The van der Waals surface area contributed by atoms with Crippen LogP contribution in [0.3, 0.4) is 0 Å². The molecule has 7 nitrogen and oxygen atoms in total.